The molecule has 0 amide bonds. The predicted octanol–water partition coefficient (Wildman–Crippen LogP) is 1.70. The van der Waals surface area contributed by atoms with Crippen molar-refractivity contribution in [2.45, 2.75) is 57.2 Å². The number of rotatable bonds is 3. The molecule has 2 nitrogen and oxygen atoms in total. The molecular weight excluding hydrogens is 164 g/mol. The summed E-state index contributed by atoms with van der Waals surface area (Å²) in [7, 11) is 0. The van der Waals surface area contributed by atoms with Crippen LogP contribution in [-0.4, -0.2) is 22.4 Å². The van der Waals surface area contributed by atoms with E-state index >= 15 is 0 Å². The Hall–Kier alpha value is -0.0800. The van der Waals surface area contributed by atoms with Gasteiger partial charge >= 0.3 is 0 Å². The molecule has 0 bridgehead atoms. The zero-order valence-electron chi connectivity index (χ0n) is 8.15. The second kappa shape index (κ2) is 3.97. The van der Waals surface area contributed by atoms with Crippen molar-refractivity contribution in [3.05, 3.63) is 0 Å². The Morgan fingerprint density at radius 1 is 1.08 bits per heavy atom. The number of hydrogen-bond acceptors (Lipinski definition) is 2. The van der Waals surface area contributed by atoms with Crippen LogP contribution in [0.4, 0.5) is 0 Å². The van der Waals surface area contributed by atoms with Gasteiger partial charge in [0.25, 0.3) is 0 Å². The topological polar surface area (TPSA) is 40.5 Å². The standard InChI is InChI=1S/C11H20O2/c12-10-4-2-1-3-9(10)7-11(13)8-5-6-8/h8-13H,1-7H2. The molecule has 2 fully saturated rings. The summed E-state index contributed by atoms with van der Waals surface area (Å²) < 4.78 is 0. The van der Waals surface area contributed by atoms with Crippen LogP contribution < -0.4 is 0 Å². The molecule has 2 aliphatic carbocycles. The maximum atomic E-state index is 9.75. The van der Waals surface area contributed by atoms with E-state index in [0.717, 1.165) is 25.7 Å². The smallest absolute Gasteiger partial charge is 0.0572 e. The van der Waals surface area contributed by atoms with Gasteiger partial charge in [0.05, 0.1) is 12.2 Å². The summed E-state index contributed by atoms with van der Waals surface area (Å²) >= 11 is 0. The molecule has 0 aromatic carbocycles. The first-order valence-electron chi connectivity index (χ1n) is 5.63. The number of aliphatic hydroxyl groups excluding tert-OH is 2. The number of hydrogen-bond donors (Lipinski definition) is 2. The quantitative estimate of drug-likeness (QED) is 0.701. The molecule has 0 heterocycles. The van der Waals surface area contributed by atoms with Crippen LogP contribution in [0, 0.1) is 11.8 Å². The lowest BCUT2D eigenvalue weighted by Gasteiger charge is -2.29. The van der Waals surface area contributed by atoms with Crippen molar-refractivity contribution in [3.8, 4) is 0 Å². The van der Waals surface area contributed by atoms with Crippen LogP contribution in [0.3, 0.4) is 0 Å². The zero-order chi connectivity index (χ0) is 9.26. The van der Waals surface area contributed by atoms with E-state index in [1.165, 1.54) is 19.3 Å². The Labute approximate surface area is 80.0 Å². The summed E-state index contributed by atoms with van der Waals surface area (Å²) in [6, 6.07) is 0. The molecule has 0 aliphatic heterocycles. The fourth-order valence-corrected chi connectivity index (χ4v) is 2.45. The highest BCUT2D eigenvalue weighted by molar-refractivity contribution is 4.85. The Morgan fingerprint density at radius 3 is 2.38 bits per heavy atom. The minimum absolute atomic E-state index is 0.127. The van der Waals surface area contributed by atoms with Gasteiger partial charge in [-0.2, -0.15) is 0 Å². The van der Waals surface area contributed by atoms with Crippen molar-refractivity contribution in [2.75, 3.05) is 0 Å². The molecule has 0 saturated heterocycles. The average Bonchev–Trinajstić information content (AvgIpc) is 2.91. The first-order valence-corrected chi connectivity index (χ1v) is 5.63. The van der Waals surface area contributed by atoms with E-state index in [0.29, 0.717) is 11.8 Å². The SMILES string of the molecule is OC(CC1CCCCC1O)C1CC1. The maximum Gasteiger partial charge on any atom is 0.0572 e. The van der Waals surface area contributed by atoms with Crippen molar-refractivity contribution in [1.82, 2.24) is 0 Å². The molecule has 3 atom stereocenters. The lowest BCUT2D eigenvalue weighted by atomic mass is 9.82. The summed E-state index contributed by atoms with van der Waals surface area (Å²) in [4.78, 5) is 0. The van der Waals surface area contributed by atoms with E-state index in [9.17, 15) is 10.2 Å². The van der Waals surface area contributed by atoms with Crippen LogP contribution in [0.2, 0.25) is 0 Å². The molecular formula is C11H20O2. The minimum atomic E-state index is -0.137. The van der Waals surface area contributed by atoms with Crippen molar-refractivity contribution >= 4 is 0 Å². The second-order valence-corrected chi connectivity index (χ2v) is 4.75. The summed E-state index contributed by atoms with van der Waals surface area (Å²) in [5.41, 5.74) is 0. The van der Waals surface area contributed by atoms with Crippen LogP contribution in [0.15, 0.2) is 0 Å². The van der Waals surface area contributed by atoms with Gasteiger partial charge in [-0.15, -0.1) is 0 Å². The van der Waals surface area contributed by atoms with E-state index < -0.39 is 0 Å². The third kappa shape index (κ3) is 2.44. The van der Waals surface area contributed by atoms with Crippen molar-refractivity contribution in [3.63, 3.8) is 0 Å². The summed E-state index contributed by atoms with van der Waals surface area (Å²) in [5, 5.41) is 19.5. The highest BCUT2D eigenvalue weighted by Gasteiger charge is 2.33. The van der Waals surface area contributed by atoms with Gasteiger partial charge in [0.2, 0.25) is 0 Å². The number of aliphatic hydroxyl groups is 2. The molecule has 13 heavy (non-hydrogen) atoms. The third-order valence-electron chi connectivity index (χ3n) is 3.58. The first-order chi connectivity index (χ1) is 6.27. The Balaban J connectivity index is 1.77. The van der Waals surface area contributed by atoms with E-state index in [1.807, 2.05) is 0 Å². The molecule has 0 aromatic rings. The minimum Gasteiger partial charge on any atom is -0.393 e. The van der Waals surface area contributed by atoms with Crippen LogP contribution >= 0.6 is 0 Å². The molecule has 2 rings (SSSR count). The molecule has 2 N–H and O–H groups in total. The predicted molar refractivity (Wildman–Crippen MR) is 51.3 cm³/mol. The average molecular weight is 184 g/mol. The molecule has 76 valence electrons. The zero-order valence-corrected chi connectivity index (χ0v) is 8.15. The fraction of sp³-hybridized carbons (Fsp3) is 1.00. The first kappa shape index (κ1) is 9.47. The Bertz CT molecular complexity index is 165. The van der Waals surface area contributed by atoms with Crippen LogP contribution in [0.5, 0.6) is 0 Å². The van der Waals surface area contributed by atoms with Crippen molar-refractivity contribution in [1.29, 1.82) is 0 Å². The van der Waals surface area contributed by atoms with Crippen LogP contribution in [-0.2, 0) is 0 Å². The molecule has 2 saturated carbocycles. The maximum absolute atomic E-state index is 9.75. The Kier molecular flexibility index (Phi) is 2.89. The van der Waals surface area contributed by atoms with Gasteiger partial charge in [0.15, 0.2) is 0 Å². The van der Waals surface area contributed by atoms with E-state index in [2.05, 4.69) is 0 Å². The largest absolute Gasteiger partial charge is 0.393 e. The van der Waals surface area contributed by atoms with Gasteiger partial charge in [-0.05, 0) is 43.9 Å². The molecule has 0 aromatic heterocycles. The molecule has 0 radical (unpaired) electrons. The lowest BCUT2D eigenvalue weighted by Crippen LogP contribution is -2.28. The summed E-state index contributed by atoms with van der Waals surface area (Å²) in [6.45, 7) is 0. The van der Waals surface area contributed by atoms with E-state index in [1.54, 1.807) is 0 Å². The second-order valence-electron chi connectivity index (χ2n) is 4.75. The van der Waals surface area contributed by atoms with E-state index in [4.69, 9.17) is 0 Å². The van der Waals surface area contributed by atoms with Gasteiger partial charge in [0.1, 0.15) is 0 Å². The van der Waals surface area contributed by atoms with Crippen molar-refractivity contribution in [2.24, 2.45) is 11.8 Å². The molecule has 2 aliphatic rings. The lowest BCUT2D eigenvalue weighted by molar-refractivity contribution is 0.0279. The highest BCUT2D eigenvalue weighted by Crippen LogP contribution is 2.37. The molecule has 3 unspecified atom stereocenters. The fourth-order valence-electron chi connectivity index (χ4n) is 2.45. The van der Waals surface area contributed by atoms with Gasteiger partial charge in [-0.1, -0.05) is 12.8 Å². The van der Waals surface area contributed by atoms with Gasteiger partial charge in [0, 0.05) is 0 Å². The van der Waals surface area contributed by atoms with Gasteiger partial charge < -0.3 is 10.2 Å². The third-order valence-corrected chi connectivity index (χ3v) is 3.58. The van der Waals surface area contributed by atoms with Crippen LogP contribution in [0.1, 0.15) is 44.9 Å². The summed E-state index contributed by atoms with van der Waals surface area (Å²) in [6.07, 6.45) is 7.43. The van der Waals surface area contributed by atoms with Gasteiger partial charge in [-0.3, -0.25) is 0 Å². The summed E-state index contributed by atoms with van der Waals surface area (Å²) in [5.74, 6) is 0.943. The molecule has 0 spiro atoms. The highest BCUT2D eigenvalue weighted by atomic mass is 16.3. The van der Waals surface area contributed by atoms with Gasteiger partial charge in [-0.25, -0.2) is 0 Å². The molecule has 2 heteroatoms. The monoisotopic (exact) mass is 184 g/mol. The Morgan fingerprint density at radius 2 is 1.77 bits per heavy atom. The van der Waals surface area contributed by atoms with E-state index in [-0.39, 0.29) is 12.2 Å². The van der Waals surface area contributed by atoms with Crippen molar-refractivity contribution < 1.29 is 10.2 Å². The van der Waals surface area contributed by atoms with Crippen LogP contribution in [0.25, 0.3) is 0 Å². The normalized spacial score (nSPS) is 37.4.